The van der Waals surface area contributed by atoms with Crippen molar-refractivity contribution in [2.24, 2.45) is 0 Å². The Morgan fingerprint density at radius 2 is 1.81 bits per heavy atom. The lowest BCUT2D eigenvalue weighted by molar-refractivity contribution is 0.102. The van der Waals surface area contributed by atoms with E-state index in [0.29, 0.717) is 28.7 Å². The van der Waals surface area contributed by atoms with E-state index in [1.807, 2.05) is 31.2 Å². The van der Waals surface area contributed by atoms with E-state index >= 15 is 0 Å². The van der Waals surface area contributed by atoms with Crippen molar-refractivity contribution in [3.63, 3.8) is 0 Å². The van der Waals surface area contributed by atoms with Crippen LogP contribution in [0.1, 0.15) is 39.3 Å². The fraction of sp³-hybridized carbons (Fsp3) is 0.273. The molecule has 0 radical (unpaired) electrons. The second-order valence-electron chi connectivity index (χ2n) is 7.62. The molecule has 3 amide bonds. The minimum Gasteiger partial charge on any atom is -0.454 e. The number of nitrogens with one attached hydrogen (secondary N) is 2. The zero-order chi connectivity index (χ0) is 22.1. The van der Waals surface area contributed by atoms with Crippen LogP contribution in [0, 0.1) is 6.92 Å². The van der Waals surface area contributed by atoms with E-state index < -0.39 is 0 Å². The third-order valence-electron chi connectivity index (χ3n) is 5.37. The Labute approximate surface area is 188 Å². The molecule has 164 valence electrons. The van der Waals surface area contributed by atoms with Crippen LogP contribution >= 0.6 is 11.3 Å². The highest BCUT2D eigenvalue weighted by Crippen LogP contribution is 2.36. The first-order valence-corrected chi connectivity index (χ1v) is 11.1. The minimum atomic E-state index is -0.360. The molecule has 10 heteroatoms. The molecule has 0 unspecified atom stereocenters. The monoisotopic (exact) mass is 451 g/mol. The van der Waals surface area contributed by atoms with Crippen LogP contribution in [0.3, 0.4) is 0 Å². The summed E-state index contributed by atoms with van der Waals surface area (Å²) in [6, 6.07) is 12.5. The van der Waals surface area contributed by atoms with E-state index in [9.17, 15) is 9.59 Å². The molecule has 5 rings (SSSR count). The topological polar surface area (TPSA) is 106 Å². The molecule has 0 saturated carbocycles. The van der Waals surface area contributed by atoms with Crippen molar-refractivity contribution in [2.45, 2.75) is 25.8 Å². The summed E-state index contributed by atoms with van der Waals surface area (Å²) in [5.74, 6) is 0.870. The summed E-state index contributed by atoms with van der Waals surface area (Å²) in [6.07, 6.45) is 1.64. The van der Waals surface area contributed by atoms with Crippen molar-refractivity contribution in [2.75, 3.05) is 24.0 Å². The number of carbonyl (C=O) groups is 2. The Hall–Kier alpha value is -3.66. The predicted octanol–water partition coefficient (Wildman–Crippen LogP) is 4.20. The molecule has 3 heterocycles. The highest BCUT2D eigenvalue weighted by molar-refractivity contribution is 7.13. The molecule has 1 atom stereocenters. The fourth-order valence-electron chi connectivity index (χ4n) is 3.72. The molecule has 9 nitrogen and oxygen atoms in total. The van der Waals surface area contributed by atoms with Crippen LogP contribution in [0.5, 0.6) is 11.5 Å². The third kappa shape index (κ3) is 4.09. The van der Waals surface area contributed by atoms with Crippen molar-refractivity contribution in [1.82, 2.24) is 15.1 Å². The molecule has 32 heavy (non-hydrogen) atoms. The zero-order valence-electron chi connectivity index (χ0n) is 17.3. The summed E-state index contributed by atoms with van der Waals surface area (Å²) < 4.78 is 10.6. The second-order valence-corrected chi connectivity index (χ2v) is 8.62. The number of urea groups is 1. The van der Waals surface area contributed by atoms with Crippen molar-refractivity contribution in [1.29, 1.82) is 0 Å². The Morgan fingerprint density at radius 1 is 1.03 bits per heavy atom. The van der Waals surface area contributed by atoms with Gasteiger partial charge in [0.2, 0.25) is 11.8 Å². The van der Waals surface area contributed by atoms with Gasteiger partial charge >= 0.3 is 6.03 Å². The lowest BCUT2D eigenvalue weighted by atomic mass is 10.2. The quantitative estimate of drug-likeness (QED) is 0.616. The van der Waals surface area contributed by atoms with Gasteiger partial charge in [0.1, 0.15) is 5.01 Å². The predicted molar refractivity (Wildman–Crippen MR) is 119 cm³/mol. The SMILES string of the molecule is Cc1ccc(NC(=O)N2CCC[C@@H]2c2nnc(C(=O)Nc3ccc4c(c3)OCO4)s2)cc1. The van der Waals surface area contributed by atoms with E-state index in [4.69, 9.17) is 9.47 Å². The summed E-state index contributed by atoms with van der Waals surface area (Å²) in [6.45, 7) is 2.79. The number of anilines is 2. The van der Waals surface area contributed by atoms with Crippen LogP contribution in [0.4, 0.5) is 16.2 Å². The van der Waals surface area contributed by atoms with Gasteiger partial charge in [0.15, 0.2) is 11.5 Å². The maximum Gasteiger partial charge on any atom is 0.322 e. The number of amides is 3. The summed E-state index contributed by atoms with van der Waals surface area (Å²) >= 11 is 1.20. The van der Waals surface area contributed by atoms with Gasteiger partial charge in [-0.05, 0) is 44.0 Å². The molecule has 1 fully saturated rings. The van der Waals surface area contributed by atoms with Gasteiger partial charge in [0.05, 0.1) is 6.04 Å². The molecule has 0 aliphatic carbocycles. The van der Waals surface area contributed by atoms with E-state index in [-0.39, 0.29) is 29.8 Å². The van der Waals surface area contributed by atoms with E-state index in [0.717, 1.165) is 24.1 Å². The largest absolute Gasteiger partial charge is 0.454 e. The molecule has 1 aromatic heterocycles. The Morgan fingerprint density at radius 3 is 2.66 bits per heavy atom. The third-order valence-corrected chi connectivity index (χ3v) is 6.39. The first-order valence-electron chi connectivity index (χ1n) is 10.3. The fourth-order valence-corrected chi connectivity index (χ4v) is 4.60. The highest BCUT2D eigenvalue weighted by Gasteiger charge is 2.33. The summed E-state index contributed by atoms with van der Waals surface area (Å²) in [7, 11) is 0. The molecule has 2 N–H and O–H groups in total. The van der Waals surface area contributed by atoms with Crippen molar-refractivity contribution >= 4 is 34.6 Å². The highest BCUT2D eigenvalue weighted by atomic mass is 32.1. The normalized spacial score (nSPS) is 16.8. The first kappa shape index (κ1) is 20.3. The zero-order valence-corrected chi connectivity index (χ0v) is 18.1. The Bertz CT molecular complexity index is 1160. The number of carbonyl (C=O) groups excluding carboxylic acids is 2. The van der Waals surface area contributed by atoms with Gasteiger partial charge < -0.3 is 25.0 Å². The van der Waals surface area contributed by atoms with Crippen LogP contribution in [-0.2, 0) is 0 Å². The van der Waals surface area contributed by atoms with E-state index in [1.165, 1.54) is 11.3 Å². The van der Waals surface area contributed by atoms with Gasteiger partial charge in [-0.15, -0.1) is 10.2 Å². The standard InChI is InChI=1S/C22H21N5O4S/c1-13-4-6-14(7-5-13)24-22(29)27-10-2-3-16(27)20-25-26-21(32-20)19(28)23-15-8-9-17-18(11-15)31-12-30-17/h4-9,11,16H,2-3,10,12H2,1H3,(H,23,28)(H,24,29)/t16-/m1/s1. The molecule has 2 aliphatic rings. The smallest absolute Gasteiger partial charge is 0.322 e. The molecule has 2 aliphatic heterocycles. The van der Waals surface area contributed by atoms with Crippen molar-refractivity contribution < 1.29 is 19.1 Å². The number of ether oxygens (including phenoxy) is 2. The van der Waals surface area contributed by atoms with Gasteiger partial charge in [-0.25, -0.2) is 4.79 Å². The average molecular weight is 452 g/mol. The van der Waals surface area contributed by atoms with Gasteiger partial charge in [-0.2, -0.15) is 0 Å². The maximum absolute atomic E-state index is 12.8. The number of hydrogen-bond acceptors (Lipinski definition) is 7. The Kier molecular flexibility index (Phi) is 5.36. The number of hydrogen-bond donors (Lipinski definition) is 2. The minimum absolute atomic E-state index is 0.169. The molecular weight excluding hydrogens is 430 g/mol. The molecule has 0 spiro atoms. The van der Waals surface area contributed by atoms with Gasteiger partial charge in [0, 0.05) is 24.0 Å². The molecular formula is C22H21N5O4S. The number of aromatic nitrogens is 2. The van der Waals surface area contributed by atoms with Crippen LogP contribution < -0.4 is 20.1 Å². The maximum atomic E-state index is 12.8. The number of fused-ring (bicyclic) bond motifs is 1. The van der Waals surface area contributed by atoms with Crippen LogP contribution in [0.15, 0.2) is 42.5 Å². The lowest BCUT2D eigenvalue weighted by Crippen LogP contribution is -2.34. The number of nitrogens with zero attached hydrogens (tertiary/aromatic N) is 3. The van der Waals surface area contributed by atoms with Gasteiger partial charge in [-0.3, -0.25) is 4.79 Å². The summed E-state index contributed by atoms with van der Waals surface area (Å²) in [5, 5.41) is 14.9. The van der Waals surface area contributed by atoms with E-state index in [1.54, 1.807) is 23.1 Å². The molecule has 2 aromatic carbocycles. The van der Waals surface area contributed by atoms with Crippen LogP contribution in [0.25, 0.3) is 0 Å². The molecule has 3 aromatic rings. The number of likely N-dealkylation sites (tertiary alicyclic amines) is 1. The van der Waals surface area contributed by atoms with Crippen LogP contribution in [-0.4, -0.2) is 40.4 Å². The lowest BCUT2D eigenvalue weighted by Gasteiger charge is -2.23. The van der Waals surface area contributed by atoms with E-state index in [2.05, 4.69) is 20.8 Å². The first-order chi connectivity index (χ1) is 15.6. The number of benzene rings is 2. The average Bonchev–Trinajstić information content (AvgIpc) is 3.54. The van der Waals surface area contributed by atoms with Crippen molar-refractivity contribution in [3.05, 3.63) is 58.0 Å². The second kappa shape index (κ2) is 8.46. The van der Waals surface area contributed by atoms with Gasteiger partial charge in [0.25, 0.3) is 5.91 Å². The van der Waals surface area contributed by atoms with Gasteiger partial charge in [-0.1, -0.05) is 29.0 Å². The van der Waals surface area contributed by atoms with Crippen LogP contribution in [0.2, 0.25) is 0 Å². The number of aryl methyl sites for hydroxylation is 1. The van der Waals surface area contributed by atoms with Crippen molar-refractivity contribution in [3.8, 4) is 11.5 Å². The molecule has 0 bridgehead atoms. The Balaban J connectivity index is 1.26. The molecule has 1 saturated heterocycles. The number of rotatable bonds is 4. The summed E-state index contributed by atoms with van der Waals surface area (Å²) in [4.78, 5) is 27.2. The summed E-state index contributed by atoms with van der Waals surface area (Å²) in [5.41, 5.74) is 2.45.